The van der Waals surface area contributed by atoms with Crippen molar-refractivity contribution in [3.63, 3.8) is 0 Å². The van der Waals surface area contributed by atoms with Gasteiger partial charge >= 0.3 is 5.97 Å². The third-order valence-corrected chi connectivity index (χ3v) is 5.90. The smallest absolute Gasteiger partial charge is 0.339 e. The van der Waals surface area contributed by atoms with Gasteiger partial charge in [-0.3, -0.25) is 9.59 Å². The minimum Gasteiger partial charge on any atom is -0.440 e. The van der Waals surface area contributed by atoms with Gasteiger partial charge in [0.2, 0.25) is 10.0 Å². The number of fused-ring (bicyclic) bond motifs is 1. The topological polar surface area (TPSA) is 101 Å². The molecule has 3 rings (SSSR count). The van der Waals surface area contributed by atoms with E-state index in [0.717, 1.165) is 9.21 Å². The lowest BCUT2D eigenvalue weighted by atomic mass is 10.1. The molecule has 0 spiro atoms. The van der Waals surface area contributed by atoms with Crippen molar-refractivity contribution in [3.8, 4) is 0 Å². The fourth-order valence-corrected chi connectivity index (χ4v) is 3.44. The minimum absolute atomic E-state index is 0.0319. The molecule has 0 bridgehead atoms. The lowest BCUT2D eigenvalue weighted by Crippen LogP contribution is -2.33. The highest BCUT2D eigenvalue weighted by molar-refractivity contribution is 7.89. The Morgan fingerprint density at radius 3 is 1.96 bits per heavy atom. The molecule has 1 heterocycles. The highest BCUT2D eigenvalue weighted by Crippen LogP contribution is 2.22. The molecule has 0 unspecified atom stereocenters. The normalized spacial score (nSPS) is 13.8. The molecule has 2 aromatic carbocycles. The SMILES string of the molecule is CN(C)S(=O)(=O)c1ccc(C(=O)OCN2C(=O)c3ccccc3C2=O)cc1. The van der Waals surface area contributed by atoms with Crippen molar-refractivity contribution in [1.82, 2.24) is 9.21 Å². The van der Waals surface area contributed by atoms with Crippen LogP contribution in [0, 0.1) is 0 Å². The van der Waals surface area contributed by atoms with Crippen LogP contribution in [0.2, 0.25) is 0 Å². The van der Waals surface area contributed by atoms with Gasteiger partial charge in [0.05, 0.1) is 21.6 Å². The third-order valence-electron chi connectivity index (χ3n) is 4.07. The standard InChI is InChI=1S/C18H16N2O6S/c1-19(2)27(24,25)13-9-7-12(8-10-13)18(23)26-11-20-16(21)14-5-3-4-6-15(14)17(20)22/h3-10H,11H2,1-2H3. The number of carbonyl (C=O) groups is 3. The molecule has 0 saturated carbocycles. The van der Waals surface area contributed by atoms with E-state index >= 15 is 0 Å². The van der Waals surface area contributed by atoms with E-state index in [0.29, 0.717) is 0 Å². The van der Waals surface area contributed by atoms with Crippen molar-refractivity contribution in [2.24, 2.45) is 0 Å². The molecule has 0 aromatic heterocycles. The van der Waals surface area contributed by atoms with E-state index in [1.54, 1.807) is 12.1 Å². The summed E-state index contributed by atoms with van der Waals surface area (Å²) in [6, 6.07) is 11.5. The first-order valence-electron chi connectivity index (χ1n) is 7.88. The van der Waals surface area contributed by atoms with Crippen molar-refractivity contribution in [2.45, 2.75) is 4.90 Å². The molecule has 8 nitrogen and oxygen atoms in total. The molecule has 1 aliphatic heterocycles. The van der Waals surface area contributed by atoms with E-state index in [9.17, 15) is 22.8 Å². The molecule has 1 aliphatic rings. The van der Waals surface area contributed by atoms with E-state index in [1.165, 1.54) is 50.5 Å². The van der Waals surface area contributed by atoms with Crippen LogP contribution < -0.4 is 0 Å². The molecule has 2 amide bonds. The fraction of sp³-hybridized carbons (Fsp3) is 0.167. The van der Waals surface area contributed by atoms with Crippen LogP contribution in [0.25, 0.3) is 0 Å². The summed E-state index contributed by atoms with van der Waals surface area (Å²) in [7, 11) is -0.801. The third kappa shape index (κ3) is 3.34. The van der Waals surface area contributed by atoms with Crippen LogP contribution in [-0.4, -0.2) is 56.2 Å². The number of nitrogens with zero attached hydrogens (tertiary/aromatic N) is 2. The average molecular weight is 388 g/mol. The van der Waals surface area contributed by atoms with Gasteiger partial charge < -0.3 is 4.74 Å². The van der Waals surface area contributed by atoms with Crippen molar-refractivity contribution in [2.75, 3.05) is 20.8 Å². The zero-order valence-electron chi connectivity index (χ0n) is 14.6. The summed E-state index contributed by atoms with van der Waals surface area (Å²) in [6.45, 7) is -0.525. The first kappa shape index (κ1) is 18.7. The predicted molar refractivity (Wildman–Crippen MR) is 94.5 cm³/mol. The summed E-state index contributed by atoms with van der Waals surface area (Å²) in [5, 5.41) is 0. The Hall–Kier alpha value is -3.04. The number of esters is 1. The van der Waals surface area contributed by atoms with Gasteiger partial charge in [-0.25, -0.2) is 22.4 Å². The monoisotopic (exact) mass is 388 g/mol. The fourth-order valence-electron chi connectivity index (χ4n) is 2.54. The van der Waals surface area contributed by atoms with Crippen molar-refractivity contribution < 1.29 is 27.5 Å². The lowest BCUT2D eigenvalue weighted by Gasteiger charge is -2.14. The van der Waals surface area contributed by atoms with Crippen LogP contribution in [0.5, 0.6) is 0 Å². The Morgan fingerprint density at radius 1 is 0.963 bits per heavy atom. The first-order valence-corrected chi connectivity index (χ1v) is 9.32. The molecule has 0 atom stereocenters. The summed E-state index contributed by atoms with van der Waals surface area (Å²) in [6.07, 6.45) is 0. The summed E-state index contributed by atoms with van der Waals surface area (Å²) < 4.78 is 30.1. The Labute approximate surface area is 156 Å². The second-order valence-corrected chi connectivity index (χ2v) is 8.11. The van der Waals surface area contributed by atoms with E-state index in [-0.39, 0.29) is 21.6 Å². The lowest BCUT2D eigenvalue weighted by molar-refractivity contribution is 0.0228. The summed E-state index contributed by atoms with van der Waals surface area (Å²) >= 11 is 0. The van der Waals surface area contributed by atoms with E-state index in [1.807, 2.05) is 0 Å². The van der Waals surface area contributed by atoms with Gasteiger partial charge in [0, 0.05) is 14.1 Å². The molecule has 0 N–H and O–H groups in total. The van der Waals surface area contributed by atoms with Gasteiger partial charge in [-0.2, -0.15) is 0 Å². The molecule has 0 aliphatic carbocycles. The van der Waals surface area contributed by atoms with Gasteiger partial charge in [0.25, 0.3) is 11.8 Å². The van der Waals surface area contributed by atoms with Gasteiger partial charge in [-0.1, -0.05) is 12.1 Å². The second-order valence-electron chi connectivity index (χ2n) is 5.96. The van der Waals surface area contributed by atoms with E-state index in [4.69, 9.17) is 4.74 Å². The minimum atomic E-state index is -3.61. The summed E-state index contributed by atoms with van der Waals surface area (Å²) in [5.41, 5.74) is 0.623. The number of sulfonamides is 1. The van der Waals surface area contributed by atoms with Crippen LogP contribution >= 0.6 is 0 Å². The van der Waals surface area contributed by atoms with E-state index < -0.39 is 34.5 Å². The number of rotatable bonds is 5. The molecule has 0 saturated heterocycles. The van der Waals surface area contributed by atoms with Crippen LogP contribution in [0.4, 0.5) is 0 Å². The molecular weight excluding hydrogens is 372 g/mol. The van der Waals surface area contributed by atoms with Crippen LogP contribution in [0.1, 0.15) is 31.1 Å². The average Bonchev–Trinajstić information content (AvgIpc) is 2.90. The Balaban J connectivity index is 1.69. The maximum Gasteiger partial charge on any atom is 0.339 e. The van der Waals surface area contributed by atoms with Gasteiger partial charge in [-0.05, 0) is 36.4 Å². The maximum atomic E-state index is 12.2. The van der Waals surface area contributed by atoms with Crippen LogP contribution in [0.3, 0.4) is 0 Å². The number of hydrogen-bond donors (Lipinski definition) is 0. The Kier molecular flexibility index (Phi) is 4.81. The highest BCUT2D eigenvalue weighted by Gasteiger charge is 2.35. The van der Waals surface area contributed by atoms with Crippen LogP contribution in [0.15, 0.2) is 53.4 Å². The Bertz CT molecular complexity index is 993. The maximum absolute atomic E-state index is 12.2. The predicted octanol–water partition coefficient (Wildman–Crippen LogP) is 1.35. The van der Waals surface area contributed by atoms with Gasteiger partial charge in [-0.15, -0.1) is 0 Å². The molecule has 9 heteroatoms. The van der Waals surface area contributed by atoms with Crippen molar-refractivity contribution >= 4 is 27.8 Å². The summed E-state index contributed by atoms with van der Waals surface area (Å²) in [4.78, 5) is 37.5. The van der Waals surface area contributed by atoms with Gasteiger partial charge in [0.15, 0.2) is 6.73 Å². The molecule has 0 fully saturated rings. The van der Waals surface area contributed by atoms with Crippen molar-refractivity contribution in [1.29, 1.82) is 0 Å². The molecule has 27 heavy (non-hydrogen) atoms. The second kappa shape index (κ2) is 6.93. The summed E-state index contributed by atoms with van der Waals surface area (Å²) in [5.74, 6) is -1.84. The Morgan fingerprint density at radius 2 is 1.48 bits per heavy atom. The first-order chi connectivity index (χ1) is 12.7. The number of ether oxygens (including phenoxy) is 1. The zero-order chi connectivity index (χ0) is 19.8. The molecular formula is C18H16N2O6S. The van der Waals surface area contributed by atoms with E-state index in [2.05, 4.69) is 0 Å². The largest absolute Gasteiger partial charge is 0.440 e. The number of benzene rings is 2. The van der Waals surface area contributed by atoms with Crippen molar-refractivity contribution in [3.05, 3.63) is 65.2 Å². The highest BCUT2D eigenvalue weighted by atomic mass is 32.2. The number of hydrogen-bond acceptors (Lipinski definition) is 6. The van der Waals surface area contributed by atoms with Gasteiger partial charge in [0.1, 0.15) is 0 Å². The number of amides is 2. The number of imide groups is 1. The molecule has 0 radical (unpaired) electrons. The number of carbonyl (C=O) groups excluding carboxylic acids is 3. The molecule has 140 valence electrons. The molecule has 2 aromatic rings. The quantitative estimate of drug-likeness (QED) is 0.566. The van der Waals surface area contributed by atoms with Crippen LogP contribution in [-0.2, 0) is 14.8 Å². The zero-order valence-corrected chi connectivity index (χ0v) is 15.4.